The fourth-order valence-electron chi connectivity index (χ4n) is 7.73. The number of rotatable bonds is 4. The zero-order valence-corrected chi connectivity index (χ0v) is 28.1. The van der Waals surface area contributed by atoms with Crippen LogP contribution in [0.5, 0.6) is 0 Å². The zero-order valence-electron chi connectivity index (χ0n) is 27.2. The molecule has 51 heavy (non-hydrogen) atoms. The van der Waals surface area contributed by atoms with Crippen LogP contribution >= 0.6 is 11.3 Å². The van der Waals surface area contributed by atoms with Crippen molar-refractivity contribution in [2.45, 2.75) is 6.17 Å². The van der Waals surface area contributed by atoms with E-state index in [9.17, 15) is 0 Å². The van der Waals surface area contributed by atoms with Gasteiger partial charge >= 0.3 is 0 Å². The SMILES string of the molecule is c1ccc(C2=NC(c3ccccc3)NC(c3ccc4c(c3)oc3ccc5sc6cc(-n7c8ccccc8c8ccccc87)ccc6c5c34)=N2)cc1. The van der Waals surface area contributed by atoms with Crippen LogP contribution in [-0.2, 0) is 0 Å². The summed E-state index contributed by atoms with van der Waals surface area (Å²) in [5.41, 5.74) is 8.32. The molecule has 0 bridgehead atoms. The molecule has 3 aromatic heterocycles. The zero-order chi connectivity index (χ0) is 33.5. The quantitative estimate of drug-likeness (QED) is 0.202. The summed E-state index contributed by atoms with van der Waals surface area (Å²) in [6, 6.07) is 55.4. The molecule has 0 radical (unpaired) electrons. The number of para-hydroxylation sites is 2. The first-order chi connectivity index (χ1) is 25.3. The normalized spacial score (nSPS) is 14.9. The van der Waals surface area contributed by atoms with Gasteiger partial charge in [-0.3, -0.25) is 0 Å². The maximum Gasteiger partial charge on any atom is 0.159 e. The molecule has 1 aliphatic heterocycles. The predicted octanol–water partition coefficient (Wildman–Crippen LogP) is 11.5. The second-order valence-corrected chi connectivity index (χ2v) is 14.1. The Morgan fingerprint density at radius 3 is 2.04 bits per heavy atom. The molecule has 0 fully saturated rings. The maximum absolute atomic E-state index is 6.60. The van der Waals surface area contributed by atoms with Crippen molar-refractivity contribution in [3.63, 3.8) is 0 Å². The van der Waals surface area contributed by atoms with Crippen LogP contribution < -0.4 is 5.32 Å². The van der Waals surface area contributed by atoms with Crippen LogP contribution in [0.25, 0.3) is 69.6 Å². The van der Waals surface area contributed by atoms with Gasteiger partial charge in [-0.05, 0) is 54.1 Å². The van der Waals surface area contributed by atoms with Gasteiger partial charge in [-0.15, -0.1) is 11.3 Å². The van der Waals surface area contributed by atoms with Gasteiger partial charge in [0.25, 0.3) is 0 Å². The van der Waals surface area contributed by atoms with Gasteiger partial charge < -0.3 is 14.3 Å². The van der Waals surface area contributed by atoms with Crippen molar-refractivity contribution in [3.05, 3.63) is 174 Å². The minimum Gasteiger partial charge on any atom is -0.456 e. The molecule has 5 nitrogen and oxygen atoms in total. The highest BCUT2D eigenvalue weighted by molar-refractivity contribution is 7.26. The highest BCUT2D eigenvalue weighted by Gasteiger charge is 2.23. The average molecular weight is 673 g/mol. The van der Waals surface area contributed by atoms with Crippen LogP contribution in [0, 0.1) is 0 Å². The number of nitrogens with one attached hydrogen (secondary N) is 1. The fraction of sp³-hybridized carbons (Fsp3) is 0.0222. The molecular weight excluding hydrogens is 645 g/mol. The third-order valence-electron chi connectivity index (χ3n) is 10.1. The van der Waals surface area contributed by atoms with E-state index >= 15 is 0 Å². The maximum atomic E-state index is 6.60. The highest BCUT2D eigenvalue weighted by atomic mass is 32.1. The number of hydrogen-bond acceptors (Lipinski definition) is 5. The van der Waals surface area contributed by atoms with Crippen molar-refractivity contribution in [1.29, 1.82) is 0 Å². The van der Waals surface area contributed by atoms with Crippen LogP contribution in [0.3, 0.4) is 0 Å². The van der Waals surface area contributed by atoms with Crippen LogP contribution in [0.15, 0.2) is 172 Å². The molecule has 6 heteroatoms. The van der Waals surface area contributed by atoms with E-state index in [0.717, 1.165) is 50.2 Å². The lowest BCUT2D eigenvalue weighted by Crippen LogP contribution is -2.33. The molecule has 1 aliphatic rings. The lowest BCUT2D eigenvalue weighted by Gasteiger charge is -2.23. The summed E-state index contributed by atoms with van der Waals surface area (Å²) in [6.45, 7) is 0. The van der Waals surface area contributed by atoms with E-state index in [1.807, 2.05) is 47.7 Å². The number of thiophene rings is 1. The van der Waals surface area contributed by atoms with Gasteiger partial charge in [0.05, 0.1) is 11.0 Å². The van der Waals surface area contributed by atoms with Gasteiger partial charge in [-0.2, -0.15) is 0 Å². The van der Waals surface area contributed by atoms with Crippen LogP contribution in [-0.4, -0.2) is 16.2 Å². The Balaban J connectivity index is 1.05. The van der Waals surface area contributed by atoms with E-state index in [4.69, 9.17) is 14.4 Å². The van der Waals surface area contributed by atoms with Gasteiger partial charge in [0.15, 0.2) is 5.84 Å². The van der Waals surface area contributed by atoms with Crippen molar-refractivity contribution in [2.75, 3.05) is 0 Å². The van der Waals surface area contributed by atoms with E-state index < -0.39 is 0 Å². The van der Waals surface area contributed by atoms with E-state index in [1.165, 1.54) is 42.0 Å². The van der Waals surface area contributed by atoms with Gasteiger partial charge in [-0.1, -0.05) is 109 Å². The van der Waals surface area contributed by atoms with E-state index in [2.05, 4.69) is 131 Å². The molecular formula is C45H28N4OS. The average Bonchev–Trinajstić information content (AvgIpc) is 3.87. The number of amidine groups is 2. The highest BCUT2D eigenvalue weighted by Crippen LogP contribution is 2.44. The van der Waals surface area contributed by atoms with Crippen molar-refractivity contribution >= 4 is 86.9 Å². The monoisotopic (exact) mass is 672 g/mol. The van der Waals surface area contributed by atoms with E-state index in [1.54, 1.807) is 0 Å². The molecule has 7 aromatic carbocycles. The standard InChI is InChI=1S/C45H28N4OS/c1-3-11-27(12-4-1)43-46-44(28-13-5-2-6-14-28)48-45(47-43)29-19-21-33-38(25-29)50-37-23-24-39-42(41(33)37)34-22-20-30(26-40(34)51-39)49-35-17-9-7-15-31(35)32-16-8-10-18-36(32)49/h1-26,43H,(H,46,47,48). The Morgan fingerprint density at radius 2 is 1.25 bits per heavy atom. The first kappa shape index (κ1) is 28.3. The Bertz CT molecular complexity index is 3010. The summed E-state index contributed by atoms with van der Waals surface area (Å²) in [7, 11) is 0. The van der Waals surface area contributed by atoms with Gasteiger partial charge in [-0.25, -0.2) is 9.98 Å². The summed E-state index contributed by atoms with van der Waals surface area (Å²) in [5, 5.41) is 10.9. The molecule has 240 valence electrons. The third kappa shape index (κ3) is 4.40. The predicted molar refractivity (Wildman–Crippen MR) is 213 cm³/mol. The summed E-state index contributed by atoms with van der Waals surface area (Å²) in [6.07, 6.45) is -0.260. The van der Waals surface area contributed by atoms with Crippen LogP contribution in [0.2, 0.25) is 0 Å². The van der Waals surface area contributed by atoms with Gasteiger partial charge in [0.1, 0.15) is 23.2 Å². The van der Waals surface area contributed by atoms with E-state index in [-0.39, 0.29) is 6.17 Å². The van der Waals surface area contributed by atoms with E-state index in [0.29, 0.717) is 5.84 Å². The molecule has 1 atom stereocenters. The Morgan fingerprint density at radius 1 is 0.549 bits per heavy atom. The van der Waals surface area contributed by atoms with Crippen LogP contribution in [0.1, 0.15) is 22.9 Å². The largest absolute Gasteiger partial charge is 0.456 e. The van der Waals surface area contributed by atoms with Crippen molar-refractivity contribution in [1.82, 2.24) is 9.88 Å². The first-order valence-electron chi connectivity index (χ1n) is 17.1. The summed E-state index contributed by atoms with van der Waals surface area (Å²) < 4.78 is 11.5. The number of benzene rings is 7. The Hall–Kier alpha value is -6.50. The molecule has 0 saturated carbocycles. The molecule has 0 amide bonds. The summed E-state index contributed by atoms with van der Waals surface area (Å²) >= 11 is 1.84. The topological polar surface area (TPSA) is 54.8 Å². The summed E-state index contributed by atoms with van der Waals surface area (Å²) in [5.74, 6) is 1.47. The summed E-state index contributed by atoms with van der Waals surface area (Å²) in [4.78, 5) is 10.0. The van der Waals surface area contributed by atoms with Crippen molar-refractivity contribution in [2.24, 2.45) is 9.98 Å². The number of nitrogens with zero attached hydrogens (tertiary/aromatic N) is 3. The van der Waals surface area contributed by atoms with Crippen molar-refractivity contribution < 1.29 is 4.42 Å². The Labute approximate surface area is 296 Å². The first-order valence-corrected chi connectivity index (χ1v) is 17.9. The number of fused-ring (bicyclic) bond motifs is 10. The molecule has 1 unspecified atom stereocenters. The second-order valence-electron chi connectivity index (χ2n) is 13.0. The lowest BCUT2D eigenvalue weighted by atomic mass is 10.0. The Kier molecular flexibility index (Phi) is 6.12. The number of aliphatic imine (C=N–C) groups is 2. The lowest BCUT2D eigenvalue weighted by molar-refractivity contribution is 0.666. The molecule has 0 saturated heterocycles. The molecule has 0 aliphatic carbocycles. The van der Waals surface area contributed by atoms with Gasteiger partial charge in [0.2, 0.25) is 0 Å². The minimum absolute atomic E-state index is 0.260. The molecule has 1 N–H and O–H groups in total. The molecule has 4 heterocycles. The molecule has 10 aromatic rings. The smallest absolute Gasteiger partial charge is 0.159 e. The fourth-order valence-corrected chi connectivity index (χ4v) is 8.87. The van der Waals surface area contributed by atoms with Crippen LogP contribution in [0.4, 0.5) is 0 Å². The minimum atomic E-state index is -0.260. The molecule has 0 spiro atoms. The molecule has 11 rings (SSSR count). The van der Waals surface area contributed by atoms with Gasteiger partial charge in [0, 0.05) is 58.5 Å². The number of hydrogen-bond donors (Lipinski definition) is 1. The number of furan rings is 1. The second kappa shape index (κ2) is 11.0. The number of aromatic nitrogens is 1. The van der Waals surface area contributed by atoms with Crippen molar-refractivity contribution in [3.8, 4) is 5.69 Å². The third-order valence-corrected chi connectivity index (χ3v) is 11.2.